The maximum atomic E-state index is 12.3. The van der Waals surface area contributed by atoms with Crippen molar-refractivity contribution in [3.05, 3.63) is 35.9 Å². The number of carbonyl (C=O) groups excluding carboxylic acids is 1. The molecule has 1 aliphatic heterocycles. The highest BCUT2D eigenvalue weighted by Gasteiger charge is 2.30. The van der Waals surface area contributed by atoms with E-state index >= 15 is 0 Å². The van der Waals surface area contributed by atoms with E-state index in [2.05, 4.69) is 0 Å². The summed E-state index contributed by atoms with van der Waals surface area (Å²) in [6, 6.07) is 9.28. The molecule has 2 rings (SSSR count). The Kier molecular flexibility index (Phi) is 5.83. The summed E-state index contributed by atoms with van der Waals surface area (Å²) in [5.74, 6) is -0.475. The lowest BCUT2D eigenvalue weighted by molar-refractivity contribution is -0.150. The smallest absolute Gasteiger partial charge is 0.376 e. The minimum Gasteiger partial charge on any atom is -0.376 e. The molecule has 122 valence electrons. The van der Waals surface area contributed by atoms with Crippen molar-refractivity contribution in [2.24, 2.45) is 0 Å². The van der Waals surface area contributed by atoms with Gasteiger partial charge in [0.1, 0.15) is 0 Å². The van der Waals surface area contributed by atoms with Gasteiger partial charge in [-0.3, -0.25) is 4.79 Å². The zero-order valence-electron chi connectivity index (χ0n) is 12.3. The molecular weight excluding hydrogens is 295 g/mol. The third kappa shape index (κ3) is 5.67. The maximum absolute atomic E-state index is 12.3. The summed E-state index contributed by atoms with van der Waals surface area (Å²) in [6.45, 7) is 1.32. The molecule has 0 radical (unpaired) electrons. The first-order chi connectivity index (χ1) is 10.4. The molecule has 6 heteroatoms. The average molecular weight is 315 g/mol. The van der Waals surface area contributed by atoms with Gasteiger partial charge in [0.25, 0.3) is 0 Å². The number of alkyl halides is 3. The zero-order valence-corrected chi connectivity index (χ0v) is 12.3. The Bertz CT molecular complexity index is 470. The fraction of sp³-hybridized carbons (Fsp3) is 0.562. The van der Waals surface area contributed by atoms with E-state index in [0.29, 0.717) is 19.7 Å². The van der Waals surface area contributed by atoms with Crippen LogP contribution < -0.4 is 0 Å². The third-order valence-electron chi connectivity index (χ3n) is 3.64. The summed E-state index contributed by atoms with van der Waals surface area (Å²) in [5, 5.41) is 0. The van der Waals surface area contributed by atoms with E-state index in [0.717, 1.165) is 18.4 Å². The minimum atomic E-state index is -4.31. The Morgan fingerprint density at radius 1 is 1.27 bits per heavy atom. The summed E-state index contributed by atoms with van der Waals surface area (Å²) < 4.78 is 42.4. The van der Waals surface area contributed by atoms with Crippen LogP contribution in [0.2, 0.25) is 0 Å². The SMILES string of the molecule is O=C(CCC(F)(F)F)N(Cc1ccccc1)CC1CCCO1. The standard InChI is InChI=1S/C16H20F3NO2/c17-16(18,19)9-8-15(21)20(12-14-7-4-10-22-14)11-13-5-2-1-3-6-13/h1-3,5-6,14H,4,7-12H2. The molecule has 1 aromatic carbocycles. The molecule has 1 heterocycles. The summed E-state index contributed by atoms with van der Waals surface area (Å²) in [5.41, 5.74) is 0.904. The molecule has 1 fully saturated rings. The van der Waals surface area contributed by atoms with Crippen LogP contribution in [0.3, 0.4) is 0 Å². The molecule has 0 aliphatic carbocycles. The van der Waals surface area contributed by atoms with E-state index in [1.807, 2.05) is 30.3 Å². The molecule has 1 aromatic rings. The van der Waals surface area contributed by atoms with E-state index in [9.17, 15) is 18.0 Å². The van der Waals surface area contributed by atoms with Crippen LogP contribution in [0.4, 0.5) is 13.2 Å². The minimum absolute atomic E-state index is 0.0708. The lowest BCUT2D eigenvalue weighted by Crippen LogP contribution is -2.37. The largest absolute Gasteiger partial charge is 0.389 e. The van der Waals surface area contributed by atoms with Gasteiger partial charge >= 0.3 is 6.18 Å². The number of benzene rings is 1. The first-order valence-corrected chi connectivity index (χ1v) is 7.44. The molecule has 1 atom stereocenters. The van der Waals surface area contributed by atoms with Gasteiger partial charge in [-0.05, 0) is 18.4 Å². The normalized spacial score (nSPS) is 18.4. The number of rotatable bonds is 6. The second-order valence-corrected chi connectivity index (χ2v) is 5.51. The molecule has 3 nitrogen and oxygen atoms in total. The maximum Gasteiger partial charge on any atom is 0.389 e. The van der Waals surface area contributed by atoms with Gasteiger partial charge in [-0.1, -0.05) is 30.3 Å². The Balaban J connectivity index is 1.98. The lowest BCUT2D eigenvalue weighted by Gasteiger charge is -2.26. The van der Waals surface area contributed by atoms with Crippen LogP contribution in [-0.2, 0) is 16.1 Å². The molecule has 0 aromatic heterocycles. The first-order valence-electron chi connectivity index (χ1n) is 7.44. The molecule has 1 aliphatic rings. The van der Waals surface area contributed by atoms with Crippen LogP contribution in [0.5, 0.6) is 0 Å². The van der Waals surface area contributed by atoms with E-state index in [1.165, 1.54) is 4.90 Å². The molecule has 0 bridgehead atoms. The van der Waals surface area contributed by atoms with Crippen molar-refractivity contribution in [2.75, 3.05) is 13.2 Å². The Labute approximate surface area is 128 Å². The molecule has 1 saturated heterocycles. The fourth-order valence-electron chi connectivity index (χ4n) is 2.50. The molecule has 1 unspecified atom stereocenters. The predicted octanol–water partition coefficient (Wildman–Crippen LogP) is 3.54. The predicted molar refractivity (Wildman–Crippen MR) is 76.1 cm³/mol. The van der Waals surface area contributed by atoms with Gasteiger partial charge in [-0.25, -0.2) is 0 Å². The summed E-state index contributed by atoms with van der Waals surface area (Å²) >= 11 is 0. The number of ether oxygens (including phenoxy) is 1. The highest BCUT2D eigenvalue weighted by molar-refractivity contribution is 5.76. The van der Waals surface area contributed by atoms with Gasteiger partial charge in [0.15, 0.2) is 0 Å². The zero-order chi connectivity index (χ0) is 16.0. The van der Waals surface area contributed by atoms with Gasteiger partial charge in [-0.2, -0.15) is 13.2 Å². The van der Waals surface area contributed by atoms with Crippen LogP contribution in [-0.4, -0.2) is 36.2 Å². The third-order valence-corrected chi connectivity index (χ3v) is 3.64. The summed E-state index contributed by atoms with van der Waals surface area (Å²) in [7, 11) is 0. The Hall–Kier alpha value is -1.56. The summed E-state index contributed by atoms with van der Waals surface area (Å²) in [6.07, 6.45) is -4.19. The van der Waals surface area contributed by atoms with E-state index in [1.54, 1.807) is 0 Å². The Morgan fingerprint density at radius 3 is 2.59 bits per heavy atom. The second-order valence-electron chi connectivity index (χ2n) is 5.51. The fourth-order valence-corrected chi connectivity index (χ4v) is 2.50. The molecular formula is C16H20F3NO2. The van der Waals surface area contributed by atoms with Crippen molar-refractivity contribution in [2.45, 2.75) is 44.5 Å². The van der Waals surface area contributed by atoms with Crippen molar-refractivity contribution in [1.82, 2.24) is 4.90 Å². The van der Waals surface area contributed by atoms with E-state index < -0.39 is 24.9 Å². The molecule has 0 spiro atoms. The monoisotopic (exact) mass is 315 g/mol. The number of hydrogen-bond acceptors (Lipinski definition) is 2. The van der Waals surface area contributed by atoms with Crippen molar-refractivity contribution < 1.29 is 22.7 Å². The van der Waals surface area contributed by atoms with Crippen LogP contribution >= 0.6 is 0 Å². The van der Waals surface area contributed by atoms with E-state index in [-0.39, 0.29) is 6.10 Å². The average Bonchev–Trinajstić information content (AvgIpc) is 2.97. The van der Waals surface area contributed by atoms with Crippen LogP contribution in [0, 0.1) is 0 Å². The molecule has 1 amide bonds. The van der Waals surface area contributed by atoms with Gasteiger partial charge in [-0.15, -0.1) is 0 Å². The van der Waals surface area contributed by atoms with Gasteiger partial charge in [0, 0.05) is 26.1 Å². The quantitative estimate of drug-likeness (QED) is 0.803. The lowest BCUT2D eigenvalue weighted by atomic mass is 10.1. The first kappa shape index (κ1) is 16.8. The van der Waals surface area contributed by atoms with Crippen molar-refractivity contribution >= 4 is 5.91 Å². The number of nitrogens with zero attached hydrogens (tertiary/aromatic N) is 1. The Morgan fingerprint density at radius 2 is 2.00 bits per heavy atom. The van der Waals surface area contributed by atoms with Crippen molar-refractivity contribution in [3.8, 4) is 0 Å². The van der Waals surface area contributed by atoms with Crippen molar-refractivity contribution in [3.63, 3.8) is 0 Å². The van der Waals surface area contributed by atoms with Gasteiger partial charge < -0.3 is 9.64 Å². The van der Waals surface area contributed by atoms with Gasteiger partial charge in [0.2, 0.25) is 5.91 Å². The summed E-state index contributed by atoms with van der Waals surface area (Å²) in [4.78, 5) is 13.6. The van der Waals surface area contributed by atoms with Crippen LogP contribution in [0.15, 0.2) is 30.3 Å². The molecule has 0 saturated carbocycles. The number of halogens is 3. The molecule has 0 N–H and O–H groups in total. The topological polar surface area (TPSA) is 29.5 Å². The second kappa shape index (κ2) is 7.63. The number of carbonyl (C=O) groups is 1. The van der Waals surface area contributed by atoms with Crippen LogP contribution in [0.25, 0.3) is 0 Å². The van der Waals surface area contributed by atoms with Gasteiger partial charge in [0.05, 0.1) is 12.5 Å². The highest BCUT2D eigenvalue weighted by atomic mass is 19.4. The van der Waals surface area contributed by atoms with Crippen LogP contribution in [0.1, 0.15) is 31.2 Å². The van der Waals surface area contributed by atoms with Crippen molar-refractivity contribution in [1.29, 1.82) is 0 Å². The number of amides is 1. The highest BCUT2D eigenvalue weighted by Crippen LogP contribution is 2.23. The number of hydrogen-bond donors (Lipinski definition) is 0. The van der Waals surface area contributed by atoms with E-state index in [4.69, 9.17) is 4.74 Å². The molecule has 22 heavy (non-hydrogen) atoms.